The Morgan fingerprint density at radius 3 is 2.25 bits per heavy atom. The van der Waals surface area contributed by atoms with Crippen molar-refractivity contribution in [1.29, 1.82) is 0 Å². The predicted octanol–water partition coefficient (Wildman–Crippen LogP) is 4.21. The second kappa shape index (κ2) is 14.3. The Bertz CT molecular complexity index is 2340. The van der Waals surface area contributed by atoms with Crippen LogP contribution in [-0.4, -0.2) is 71.0 Å². The van der Waals surface area contributed by atoms with Gasteiger partial charge in [0.25, 0.3) is 0 Å². The fraction of sp³-hybridized carbons (Fsp3) is 0.341. The number of allylic oxidation sites excluding steroid dienone is 3. The number of hydrogen-bond acceptors (Lipinski definition) is 8. The lowest BCUT2D eigenvalue weighted by molar-refractivity contribution is -0.149. The summed E-state index contributed by atoms with van der Waals surface area (Å²) < 4.78 is 15.4. The van der Waals surface area contributed by atoms with Gasteiger partial charge in [0.1, 0.15) is 5.92 Å². The molecule has 3 aromatic heterocycles. The van der Waals surface area contributed by atoms with Gasteiger partial charge in [0, 0.05) is 52.7 Å². The minimum Gasteiger partial charge on any atom is -0.481 e. The summed E-state index contributed by atoms with van der Waals surface area (Å²) in [6, 6.07) is 0. The van der Waals surface area contributed by atoms with Gasteiger partial charge in [-0.15, -0.1) is 0 Å². The number of carbonyl (C=O) groups excluding carboxylic acids is 3. The summed E-state index contributed by atoms with van der Waals surface area (Å²) in [7, 11) is 3.91. The topological polar surface area (TPSA) is 176 Å². The van der Waals surface area contributed by atoms with Crippen molar-refractivity contribution in [3.05, 3.63) is 102 Å². The summed E-state index contributed by atoms with van der Waals surface area (Å²) in [5.41, 5.74) is 9.64. The van der Waals surface area contributed by atoms with Crippen molar-refractivity contribution in [1.82, 2.24) is 15.0 Å². The van der Waals surface area contributed by atoms with Gasteiger partial charge in [0.05, 0.1) is 43.7 Å². The van der Waals surface area contributed by atoms with Crippen molar-refractivity contribution in [3.63, 3.8) is 0 Å². The normalized spacial score (nSPS) is 18.7. The van der Waals surface area contributed by atoms with Crippen LogP contribution in [0.15, 0.2) is 40.6 Å². The number of methoxy groups -OCH3 is 3. The van der Waals surface area contributed by atoms with Gasteiger partial charge in [-0.05, 0) is 97.7 Å². The van der Waals surface area contributed by atoms with Gasteiger partial charge in [-0.3, -0.25) is 19.4 Å². The average molecular weight is 721 g/mol. The number of aromatic nitrogens is 3. The number of hydrogen-bond donors (Lipinski definition) is 4. The largest absolute Gasteiger partial charge is 0.481 e. The van der Waals surface area contributed by atoms with E-state index in [1.165, 1.54) is 21.3 Å². The van der Waals surface area contributed by atoms with Gasteiger partial charge in [0.15, 0.2) is 0 Å². The zero-order valence-corrected chi connectivity index (χ0v) is 31.0. The molecule has 1 unspecified atom stereocenters. The molecule has 0 amide bonds. The number of rotatable bonds is 9. The highest BCUT2D eigenvalue weighted by molar-refractivity contribution is 6.21. The third-order valence-electron chi connectivity index (χ3n) is 11.0. The molecule has 276 valence electrons. The van der Waals surface area contributed by atoms with Gasteiger partial charge in [-0.25, -0.2) is 4.79 Å². The Balaban J connectivity index is 1.71. The smallest absolute Gasteiger partial charge is 0.334 e. The molecule has 3 aliphatic rings. The molecule has 6 rings (SSSR count). The summed E-state index contributed by atoms with van der Waals surface area (Å²) in [6.07, 6.45) is 12.2. The lowest BCUT2D eigenvalue weighted by Crippen LogP contribution is -2.44. The molecule has 0 saturated heterocycles. The molecular formula is C41H44N4O8. The van der Waals surface area contributed by atoms with Crippen LogP contribution in [0.3, 0.4) is 0 Å². The van der Waals surface area contributed by atoms with Crippen LogP contribution in [0.2, 0.25) is 0 Å². The van der Waals surface area contributed by atoms with E-state index < -0.39 is 29.2 Å². The van der Waals surface area contributed by atoms with E-state index in [2.05, 4.69) is 21.5 Å². The Kier molecular flexibility index (Phi) is 9.91. The van der Waals surface area contributed by atoms with Crippen LogP contribution in [0.25, 0.3) is 24.3 Å². The minimum atomic E-state index is -1.15. The Morgan fingerprint density at radius 2 is 1.58 bits per heavy atom. The number of ether oxygens (including phenoxy) is 3. The molecule has 5 heterocycles. The summed E-state index contributed by atoms with van der Waals surface area (Å²) in [5, 5.41) is 11.0. The molecule has 12 heteroatoms. The maximum Gasteiger partial charge on any atom is 0.334 e. The van der Waals surface area contributed by atoms with Crippen molar-refractivity contribution < 1.29 is 38.5 Å². The molecule has 1 aliphatic carbocycles. The third-order valence-corrected chi connectivity index (χ3v) is 11.0. The van der Waals surface area contributed by atoms with Crippen LogP contribution >= 0.6 is 0 Å². The second-order valence-corrected chi connectivity index (χ2v) is 13.8. The number of carboxylic acid groups (broad SMARTS) is 1. The van der Waals surface area contributed by atoms with Crippen LogP contribution in [-0.2, 0) is 52.7 Å². The molecule has 8 bridgehead atoms. The number of aliphatic imine (C=N–C) groups is 1. The molecule has 12 nitrogen and oxygen atoms in total. The zero-order chi connectivity index (χ0) is 38.4. The van der Waals surface area contributed by atoms with Gasteiger partial charge >= 0.3 is 23.9 Å². The SMILES string of the molecule is C=Cc1c2[nH]c(c1C)C=C1N=C(C=c3[nH]c(c(CCC(=O)OC)c3C)=Cc3[nH]c(c(C)c3CCC(=O)O)C2)[C@@]2(C)C1=CC=C(C(=O)OC)C2C(=O)OC. The molecule has 0 radical (unpaired) electrons. The number of carboxylic acids is 1. The van der Waals surface area contributed by atoms with Gasteiger partial charge in [-0.1, -0.05) is 24.8 Å². The van der Waals surface area contributed by atoms with E-state index >= 15 is 0 Å². The van der Waals surface area contributed by atoms with Crippen molar-refractivity contribution >= 4 is 53.9 Å². The maximum atomic E-state index is 13.7. The van der Waals surface area contributed by atoms with Crippen LogP contribution in [0, 0.1) is 32.1 Å². The van der Waals surface area contributed by atoms with E-state index in [1.54, 1.807) is 6.08 Å². The van der Waals surface area contributed by atoms with Gasteiger partial charge in [-0.2, -0.15) is 0 Å². The standard InChI is InChI=1S/C41H44N4O8/c1-9-23-20(2)29-17-34-27-13-10-26(39(49)52-7)38(40(50)53-8)41(27,5)35(45-34)19-30-22(4)25(12-15-37(48)51-6)33(44-30)18-32-24(11-14-36(46)47)21(3)28(43-32)16-31(23)42-29/h9-10,13,17-19,38,42-44H,1,11-12,14-16H2,2-8H3,(H,46,47)/t38?,41-/m1/s1. The summed E-state index contributed by atoms with van der Waals surface area (Å²) in [4.78, 5) is 66.9. The third kappa shape index (κ3) is 6.32. The molecule has 53 heavy (non-hydrogen) atoms. The van der Waals surface area contributed by atoms with E-state index in [0.717, 1.165) is 67.1 Å². The van der Waals surface area contributed by atoms with E-state index in [4.69, 9.17) is 19.2 Å². The maximum absolute atomic E-state index is 13.7. The first kappa shape index (κ1) is 36.9. The first-order valence-electron chi connectivity index (χ1n) is 17.4. The Labute approximate surface area is 306 Å². The highest BCUT2D eigenvalue weighted by Gasteiger charge is 2.54. The van der Waals surface area contributed by atoms with Crippen molar-refractivity contribution in [2.45, 2.75) is 59.8 Å². The average Bonchev–Trinajstić information content (AvgIpc) is 3.79. The number of nitrogens with zero attached hydrogens (tertiary/aromatic N) is 1. The van der Waals surface area contributed by atoms with Crippen molar-refractivity contribution in [2.75, 3.05) is 21.3 Å². The van der Waals surface area contributed by atoms with E-state index in [1.807, 2.05) is 58.1 Å². The lowest BCUT2D eigenvalue weighted by Gasteiger charge is -2.37. The molecule has 0 aromatic carbocycles. The highest BCUT2D eigenvalue weighted by atomic mass is 16.5. The van der Waals surface area contributed by atoms with Crippen LogP contribution in [0.1, 0.15) is 75.9 Å². The number of esters is 3. The zero-order valence-electron chi connectivity index (χ0n) is 31.0. The molecule has 2 aliphatic heterocycles. The monoisotopic (exact) mass is 720 g/mol. The van der Waals surface area contributed by atoms with E-state index in [-0.39, 0.29) is 24.4 Å². The molecule has 0 saturated carbocycles. The fourth-order valence-electron chi connectivity index (χ4n) is 7.95. The molecule has 3 aromatic rings. The quantitative estimate of drug-likeness (QED) is 0.188. The number of aliphatic carboxylic acids is 1. The van der Waals surface area contributed by atoms with Crippen LogP contribution in [0.4, 0.5) is 0 Å². The number of fused-ring (bicyclic) bond motifs is 10. The van der Waals surface area contributed by atoms with E-state index in [9.17, 15) is 24.3 Å². The summed E-state index contributed by atoms with van der Waals surface area (Å²) in [5.74, 6) is -3.60. The van der Waals surface area contributed by atoms with Gasteiger partial charge in [0.2, 0.25) is 0 Å². The number of aromatic amines is 3. The molecule has 0 fully saturated rings. The number of carbonyl (C=O) groups is 4. The molecular weight excluding hydrogens is 676 g/mol. The lowest BCUT2D eigenvalue weighted by atomic mass is 9.63. The van der Waals surface area contributed by atoms with Crippen molar-refractivity contribution in [3.8, 4) is 0 Å². The Morgan fingerprint density at radius 1 is 0.868 bits per heavy atom. The number of H-pyrrole nitrogens is 3. The first-order chi connectivity index (χ1) is 25.3. The highest BCUT2D eigenvalue weighted by Crippen LogP contribution is 2.52. The molecule has 2 atom stereocenters. The van der Waals surface area contributed by atoms with Crippen LogP contribution in [0.5, 0.6) is 0 Å². The molecule has 4 N–H and O–H groups in total. The first-order valence-corrected chi connectivity index (χ1v) is 17.4. The Hall–Kier alpha value is -5.91. The van der Waals surface area contributed by atoms with Gasteiger partial charge < -0.3 is 34.3 Å². The predicted molar refractivity (Wildman–Crippen MR) is 200 cm³/mol. The summed E-state index contributed by atoms with van der Waals surface area (Å²) >= 11 is 0. The van der Waals surface area contributed by atoms with Crippen molar-refractivity contribution in [2.24, 2.45) is 16.3 Å². The second-order valence-electron chi connectivity index (χ2n) is 13.8. The van der Waals surface area contributed by atoms with E-state index in [0.29, 0.717) is 36.0 Å². The summed E-state index contributed by atoms with van der Waals surface area (Å²) in [6.45, 7) is 11.9. The van der Waals surface area contributed by atoms with Crippen LogP contribution < -0.4 is 10.7 Å². The fourth-order valence-corrected chi connectivity index (χ4v) is 7.95. The minimum absolute atomic E-state index is 0.0498. The number of nitrogens with one attached hydrogen (secondary N) is 3. The molecule has 0 spiro atoms.